The maximum absolute atomic E-state index is 11.6. The van der Waals surface area contributed by atoms with Crippen LogP contribution >= 0.6 is 0 Å². The number of carbonyl (C=O) groups excluding carboxylic acids is 2. The third kappa shape index (κ3) is 7.65. The molecule has 0 fully saturated rings. The van der Waals surface area contributed by atoms with Crippen LogP contribution in [-0.2, 0) is 4.74 Å². The second-order valence-corrected chi connectivity index (χ2v) is 5.62. The second-order valence-electron chi connectivity index (χ2n) is 5.62. The van der Waals surface area contributed by atoms with Crippen LogP contribution in [0.1, 0.15) is 20.8 Å². The van der Waals surface area contributed by atoms with Crippen molar-refractivity contribution in [2.45, 2.75) is 26.4 Å². The summed E-state index contributed by atoms with van der Waals surface area (Å²) in [7, 11) is 0. The van der Waals surface area contributed by atoms with Crippen molar-refractivity contribution in [2.24, 2.45) is 0 Å². The minimum absolute atomic E-state index is 0.116. The Morgan fingerprint density at radius 3 is 2.48 bits per heavy atom. The minimum atomic E-state index is -0.586. The molecule has 1 rings (SSSR count). The smallest absolute Gasteiger partial charge is 0.407 e. The first-order chi connectivity index (χ1) is 10.7. The van der Waals surface area contributed by atoms with Crippen LogP contribution in [0.25, 0.3) is 0 Å². The van der Waals surface area contributed by atoms with Gasteiger partial charge in [-0.1, -0.05) is 6.07 Å². The van der Waals surface area contributed by atoms with Gasteiger partial charge in [0.2, 0.25) is 0 Å². The molecule has 0 aliphatic carbocycles. The number of hydrogen-bond donors (Lipinski definition) is 3. The lowest BCUT2D eigenvalue weighted by atomic mass is 10.2. The van der Waals surface area contributed by atoms with Crippen LogP contribution in [0.2, 0.25) is 0 Å². The Morgan fingerprint density at radius 2 is 1.87 bits per heavy atom. The van der Waals surface area contributed by atoms with Crippen molar-refractivity contribution in [1.82, 2.24) is 10.6 Å². The Morgan fingerprint density at radius 1 is 1.22 bits per heavy atom. The van der Waals surface area contributed by atoms with Gasteiger partial charge >= 0.3 is 12.1 Å². The van der Waals surface area contributed by atoms with Gasteiger partial charge in [-0.2, -0.15) is 0 Å². The van der Waals surface area contributed by atoms with Crippen molar-refractivity contribution in [3.05, 3.63) is 34.4 Å². The number of nitrogens with one attached hydrogen (secondary N) is 3. The third-order valence-electron chi connectivity index (χ3n) is 2.39. The molecule has 0 bridgehead atoms. The molecule has 3 amide bonds. The molecule has 23 heavy (non-hydrogen) atoms. The molecule has 3 N–H and O–H groups in total. The summed E-state index contributed by atoms with van der Waals surface area (Å²) in [5.74, 6) is 0. The summed E-state index contributed by atoms with van der Waals surface area (Å²) in [5, 5.41) is 18.1. The molecule has 126 valence electrons. The van der Waals surface area contributed by atoms with Gasteiger partial charge in [-0.3, -0.25) is 10.1 Å². The number of nitro benzene ring substituents is 1. The number of amides is 3. The largest absolute Gasteiger partial charge is 0.444 e. The predicted molar refractivity (Wildman–Crippen MR) is 84.4 cm³/mol. The Bertz CT molecular complexity index is 583. The number of alkyl carbamates (subject to hydrolysis) is 1. The lowest BCUT2D eigenvalue weighted by Crippen LogP contribution is -2.39. The first-order valence-electron chi connectivity index (χ1n) is 6.93. The topological polar surface area (TPSA) is 123 Å². The maximum Gasteiger partial charge on any atom is 0.407 e. The molecule has 0 spiro atoms. The molecule has 9 nitrogen and oxygen atoms in total. The highest BCUT2D eigenvalue weighted by atomic mass is 16.6. The van der Waals surface area contributed by atoms with Crippen molar-refractivity contribution in [1.29, 1.82) is 0 Å². The van der Waals surface area contributed by atoms with Crippen LogP contribution in [0.3, 0.4) is 0 Å². The Balaban J connectivity index is 2.31. The molecule has 0 aliphatic rings. The predicted octanol–water partition coefficient (Wildman–Crippen LogP) is 2.24. The Labute approximate surface area is 133 Å². The zero-order valence-electron chi connectivity index (χ0n) is 13.2. The number of urea groups is 1. The molecule has 0 aromatic heterocycles. The van der Waals surface area contributed by atoms with Crippen molar-refractivity contribution < 1.29 is 19.2 Å². The summed E-state index contributed by atoms with van der Waals surface area (Å²) in [5.41, 5.74) is -0.400. The van der Waals surface area contributed by atoms with E-state index in [1.54, 1.807) is 20.8 Å². The third-order valence-corrected chi connectivity index (χ3v) is 2.39. The van der Waals surface area contributed by atoms with Crippen LogP contribution in [0.15, 0.2) is 24.3 Å². The van der Waals surface area contributed by atoms with Crippen molar-refractivity contribution in [3.8, 4) is 0 Å². The summed E-state index contributed by atoms with van der Waals surface area (Å²) in [6, 6.07) is 5.05. The maximum atomic E-state index is 11.6. The average Bonchev–Trinajstić information content (AvgIpc) is 2.42. The van der Waals surface area contributed by atoms with Gasteiger partial charge in [0.05, 0.1) is 4.92 Å². The highest BCUT2D eigenvalue weighted by molar-refractivity contribution is 5.89. The molecule has 9 heteroatoms. The highest BCUT2D eigenvalue weighted by Crippen LogP contribution is 2.16. The van der Waals surface area contributed by atoms with Crippen LogP contribution in [0, 0.1) is 10.1 Å². The molecule has 0 saturated carbocycles. The number of ether oxygens (including phenoxy) is 1. The van der Waals surface area contributed by atoms with E-state index in [2.05, 4.69) is 16.0 Å². The van der Waals surface area contributed by atoms with Gasteiger partial charge in [-0.15, -0.1) is 0 Å². The molecule has 0 aliphatic heterocycles. The van der Waals surface area contributed by atoms with E-state index in [9.17, 15) is 19.7 Å². The fourth-order valence-corrected chi connectivity index (χ4v) is 1.53. The van der Waals surface area contributed by atoms with E-state index < -0.39 is 22.6 Å². The number of carbonyl (C=O) groups is 2. The number of rotatable bonds is 5. The van der Waals surface area contributed by atoms with Gasteiger partial charge in [0, 0.05) is 30.9 Å². The standard InChI is InChI=1S/C14H20N4O5/c1-14(2,3)23-13(20)16-8-7-15-12(19)17-10-5-4-6-11(9-10)18(21)22/h4-6,9H,7-8H2,1-3H3,(H,16,20)(H2,15,17,19). The zero-order valence-corrected chi connectivity index (χ0v) is 13.2. The fourth-order valence-electron chi connectivity index (χ4n) is 1.53. The summed E-state index contributed by atoms with van der Waals surface area (Å²) in [6.45, 7) is 5.61. The second kappa shape index (κ2) is 7.97. The molecule has 0 atom stereocenters. The van der Waals surface area contributed by atoms with Crippen molar-refractivity contribution in [2.75, 3.05) is 18.4 Å². The van der Waals surface area contributed by atoms with Crippen LogP contribution in [0.5, 0.6) is 0 Å². The van der Waals surface area contributed by atoms with E-state index in [4.69, 9.17) is 4.74 Å². The molecule has 0 unspecified atom stereocenters. The first kappa shape index (κ1) is 18.2. The van der Waals surface area contributed by atoms with E-state index in [1.807, 2.05) is 0 Å². The van der Waals surface area contributed by atoms with E-state index >= 15 is 0 Å². The van der Waals surface area contributed by atoms with Crippen molar-refractivity contribution >= 4 is 23.5 Å². The number of non-ortho nitro benzene ring substituents is 1. The number of nitrogens with zero attached hydrogens (tertiary/aromatic N) is 1. The van der Waals surface area contributed by atoms with Gasteiger partial charge in [0.25, 0.3) is 5.69 Å². The van der Waals surface area contributed by atoms with Gasteiger partial charge in [0.1, 0.15) is 5.60 Å². The summed E-state index contributed by atoms with van der Waals surface area (Å²) < 4.78 is 5.03. The van der Waals surface area contributed by atoms with Gasteiger partial charge < -0.3 is 20.7 Å². The average molecular weight is 324 g/mol. The van der Waals surface area contributed by atoms with Crippen molar-refractivity contribution in [3.63, 3.8) is 0 Å². The molecular formula is C14H20N4O5. The summed E-state index contributed by atoms with van der Waals surface area (Å²) >= 11 is 0. The zero-order chi connectivity index (χ0) is 17.5. The Kier molecular flexibility index (Phi) is 6.31. The van der Waals surface area contributed by atoms with Crippen LogP contribution in [0.4, 0.5) is 21.0 Å². The lowest BCUT2D eigenvalue weighted by Gasteiger charge is -2.19. The number of anilines is 1. The van der Waals surface area contributed by atoms with Crippen LogP contribution in [-0.4, -0.2) is 35.7 Å². The molecule has 1 aromatic rings. The van der Waals surface area contributed by atoms with Gasteiger partial charge in [0.15, 0.2) is 0 Å². The molecule has 0 radical (unpaired) electrons. The summed E-state index contributed by atoms with van der Waals surface area (Å²) in [4.78, 5) is 33.1. The number of hydrogen-bond acceptors (Lipinski definition) is 5. The van der Waals surface area contributed by atoms with Crippen LogP contribution < -0.4 is 16.0 Å². The van der Waals surface area contributed by atoms with E-state index in [-0.39, 0.29) is 18.8 Å². The number of nitro groups is 1. The quantitative estimate of drug-likeness (QED) is 0.435. The van der Waals surface area contributed by atoms with E-state index in [0.717, 1.165) is 0 Å². The number of benzene rings is 1. The fraction of sp³-hybridized carbons (Fsp3) is 0.429. The monoisotopic (exact) mass is 324 g/mol. The molecule has 1 aromatic carbocycles. The van der Waals surface area contributed by atoms with Gasteiger partial charge in [-0.05, 0) is 26.8 Å². The van der Waals surface area contributed by atoms with E-state index in [0.29, 0.717) is 5.69 Å². The normalized spacial score (nSPS) is 10.6. The molecule has 0 saturated heterocycles. The SMILES string of the molecule is CC(C)(C)OC(=O)NCCNC(=O)Nc1cccc([N+](=O)[O-])c1. The molecular weight excluding hydrogens is 304 g/mol. The van der Waals surface area contributed by atoms with Gasteiger partial charge in [-0.25, -0.2) is 9.59 Å². The molecule has 0 heterocycles. The summed E-state index contributed by atoms with van der Waals surface area (Å²) in [6.07, 6.45) is -0.571. The first-order valence-corrected chi connectivity index (χ1v) is 6.93. The minimum Gasteiger partial charge on any atom is -0.444 e. The Hall–Kier alpha value is -2.84. The van der Waals surface area contributed by atoms with E-state index in [1.165, 1.54) is 24.3 Å². The highest BCUT2D eigenvalue weighted by Gasteiger charge is 2.15. The lowest BCUT2D eigenvalue weighted by molar-refractivity contribution is -0.384.